The molecule has 0 aliphatic carbocycles. The van der Waals surface area contributed by atoms with Gasteiger partial charge >= 0.3 is 5.97 Å². The van der Waals surface area contributed by atoms with Crippen LogP contribution in [0.3, 0.4) is 0 Å². The van der Waals surface area contributed by atoms with Crippen LogP contribution in [-0.4, -0.2) is 19.7 Å². The Balaban J connectivity index is 2.04. The van der Waals surface area contributed by atoms with E-state index < -0.39 is 11.9 Å². The first kappa shape index (κ1) is 23.0. The molecule has 0 amide bonds. The average molecular weight is 455 g/mol. The van der Waals surface area contributed by atoms with Gasteiger partial charge in [-0.15, -0.1) is 0 Å². The largest absolute Gasteiger partial charge is 0.493 e. The van der Waals surface area contributed by atoms with Crippen LogP contribution in [0.5, 0.6) is 11.5 Å². The summed E-state index contributed by atoms with van der Waals surface area (Å²) in [5.74, 6) is -0.225. The van der Waals surface area contributed by atoms with Gasteiger partial charge in [-0.3, -0.25) is 0 Å². The fourth-order valence-electron chi connectivity index (χ4n) is 3.44. The molecule has 1 aliphatic heterocycles. The van der Waals surface area contributed by atoms with Crippen molar-refractivity contribution < 1.29 is 23.7 Å². The monoisotopic (exact) mass is 454 g/mol. The molecule has 0 radical (unpaired) electrons. The van der Waals surface area contributed by atoms with Crippen molar-refractivity contribution in [2.75, 3.05) is 13.7 Å². The molecule has 0 saturated carbocycles. The van der Waals surface area contributed by atoms with E-state index in [1.807, 2.05) is 18.2 Å². The Morgan fingerprint density at radius 3 is 2.66 bits per heavy atom. The molecule has 0 bridgehead atoms. The Kier molecular flexibility index (Phi) is 7.29. The van der Waals surface area contributed by atoms with Gasteiger partial charge in [0.05, 0.1) is 25.2 Å². The SMILES string of the molecule is CCOC(=O)C1=C(C)OC(N)=C(C#N)C1c1ccc(OC)c(OCc2ccccc2Cl)c1. The van der Waals surface area contributed by atoms with Gasteiger partial charge in [0, 0.05) is 10.6 Å². The molecule has 3 rings (SSSR count). The first-order valence-electron chi connectivity index (χ1n) is 9.90. The molecule has 0 fully saturated rings. The van der Waals surface area contributed by atoms with E-state index in [0.717, 1.165) is 5.56 Å². The number of nitrogens with two attached hydrogens (primary N) is 1. The zero-order valence-corrected chi connectivity index (χ0v) is 18.7. The van der Waals surface area contributed by atoms with Gasteiger partial charge in [0.2, 0.25) is 5.88 Å². The summed E-state index contributed by atoms with van der Waals surface area (Å²) in [4.78, 5) is 12.7. The average Bonchev–Trinajstić information content (AvgIpc) is 2.78. The van der Waals surface area contributed by atoms with E-state index >= 15 is 0 Å². The van der Waals surface area contributed by atoms with Crippen LogP contribution in [0.4, 0.5) is 0 Å². The minimum atomic E-state index is -0.777. The zero-order chi connectivity index (χ0) is 23.3. The molecular weight excluding hydrogens is 432 g/mol. The van der Waals surface area contributed by atoms with E-state index in [1.165, 1.54) is 7.11 Å². The van der Waals surface area contributed by atoms with Crippen LogP contribution in [0.1, 0.15) is 30.9 Å². The van der Waals surface area contributed by atoms with Gasteiger partial charge < -0.3 is 24.7 Å². The highest BCUT2D eigenvalue weighted by atomic mass is 35.5. The molecule has 166 valence electrons. The number of carbonyl (C=O) groups excluding carboxylic acids is 1. The number of hydrogen-bond donors (Lipinski definition) is 1. The number of hydrogen-bond acceptors (Lipinski definition) is 7. The second-order valence-electron chi connectivity index (χ2n) is 6.91. The molecule has 2 aromatic carbocycles. The molecule has 2 aromatic rings. The lowest BCUT2D eigenvalue weighted by atomic mass is 9.83. The number of methoxy groups -OCH3 is 1. The summed E-state index contributed by atoms with van der Waals surface area (Å²) in [6.07, 6.45) is 0. The minimum absolute atomic E-state index is 0.0580. The van der Waals surface area contributed by atoms with Gasteiger partial charge in [0.15, 0.2) is 11.5 Å². The van der Waals surface area contributed by atoms with Crippen LogP contribution in [0, 0.1) is 11.3 Å². The molecule has 1 aliphatic rings. The highest BCUT2D eigenvalue weighted by molar-refractivity contribution is 6.31. The Bertz CT molecular complexity index is 1130. The summed E-state index contributed by atoms with van der Waals surface area (Å²) in [7, 11) is 1.53. The summed E-state index contributed by atoms with van der Waals surface area (Å²) in [5.41, 5.74) is 7.69. The van der Waals surface area contributed by atoms with Gasteiger partial charge in [-0.1, -0.05) is 35.9 Å². The number of nitrogens with zero attached hydrogens (tertiary/aromatic N) is 1. The summed E-state index contributed by atoms with van der Waals surface area (Å²) in [6, 6.07) is 14.6. The molecule has 8 heteroatoms. The molecule has 0 spiro atoms. The summed E-state index contributed by atoms with van der Waals surface area (Å²) < 4.78 is 22.1. The molecule has 32 heavy (non-hydrogen) atoms. The number of benzene rings is 2. The standard InChI is InChI=1S/C24H23ClN2O5/c1-4-30-24(28)21-14(2)32-23(27)17(12-26)22(21)15-9-10-19(29-3)20(11-15)31-13-16-7-5-6-8-18(16)25/h5-11,22H,4,13,27H2,1-3H3. The quantitative estimate of drug-likeness (QED) is 0.611. The second kappa shape index (κ2) is 10.1. The van der Waals surface area contributed by atoms with Crippen LogP contribution in [0.2, 0.25) is 5.02 Å². The zero-order valence-electron chi connectivity index (χ0n) is 18.0. The lowest BCUT2D eigenvalue weighted by Gasteiger charge is -2.27. The minimum Gasteiger partial charge on any atom is -0.493 e. The van der Waals surface area contributed by atoms with Crippen LogP contribution in [0.25, 0.3) is 0 Å². The normalized spacial score (nSPS) is 15.7. The van der Waals surface area contributed by atoms with Crippen molar-refractivity contribution in [3.63, 3.8) is 0 Å². The van der Waals surface area contributed by atoms with Crippen molar-refractivity contribution in [2.45, 2.75) is 26.4 Å². The van der Waals surface area contributed by atoms with Crippen LogP contribution in [0.15, 0.2) is 65.3 Å². The molecule has 0 aromatic heterocycles. The molecule has 7 nitrogen and oxygen atoms in total. The van der Waals surface area contributed by atoms with Crippen molar-refractivity contribution in [1.29, 1.82) is 5.26 Å². The third kappa shape index (κ3) is 4.66. The van der Waals surface area contributed by atoms with E-state index in [1.54, 1.807) is 38.1 Å². The lowest BCUT2D eigenvalue weighted by molar-refractivity contribution is -0.139. The number of carbonyl (C=O) groups is 1. The Labute approximate surface area is 191 Å². The van der Waals surface area contributed by atoms with Crippen LogP contribution < -0.4 is 15.2 Å². The highest BCUT2D eigenvalue weighted by Crippen LogP contribution is 2.42. The maximum atomic E-state index is 12.7. The number of halogens is 1. The highest BCUT2D eigenvalue weighted by Gasteiger charge is 2.36. The fraction of sp³-hybridized carbons (Fsp3) is 0.250. The van der Waals surface area contributed by atoms with Gasteiger partial charge in [-0.25, -0.2) is 4.79 Å². The number of ether oxygens (including phenoxy) is 4. The summed E-state index contributed by atoms with van der Waals surface area (Å²) in [6.45, 7) is 3.70. The van der Waals surface area contributed by atoms with E-state index in [4.69, 9.17) is 36.3 Å². The van der Waals surface area contributed by atoms with Crippen molar-refractivity contribution in [1.82, 2.24) is 0 Å². The predicted octanol–water partition coefficient (Wildman–Crippen LogP) is 4.57. The van der Waals surface area contributed by atoms with Crippen molar-refractivity contribution in [3.8, 4) is 17.6 Å². The van der Waals surface area contributed by atoms with Gasteiger partial charge in [0.25, 0.3) is 0 Å². The first-order valence-corrected chi connectivity index (χ1v) is 10.3. The second-order valence-corrected chi connectivity index (χ2v) is 7.31. The van der Waals surface area contributed by atoms with E-state index in [9.17, 15) is 10.1 Å². The fourth-order valence-corrected chi connectivity index (χ4v) is 3.64. The first-order chi connectivity index (χ1) is 15.4. The number of nitriles is 1. The molecule has 2 N–H and O–H groups in total. The maximum absolute atomic E-state index is 12.7. The molecule has 0 saturated heterocycles. The predicted molar refractivity (Wildman–Crippen MR) is 119 cm³/mol. The van der Waals surface area contributed by atoms with Gasteiger partial charge in [-0.2, -0.15) is 5.26 Å². The lowest BCUT2D eigenvalue weighted by Crippen LogP contribution is -2.25. The van der Waals surface area contributed by atoms with E-state index in [-0.39, 0.29) is 36.0 Å². The Morgan fingerprint density at radius 1 is 1.25 bits per heavy atom. The molecule has 1 atom stereocenters. The van der Waals surface area contributed by atoms with Gasteiger partial charge in [-0.05, 0) is 37.6 Å². The van der Waals surface area contributed by atoms with Crippen LogP contribution in [-0.2, 0) is 20.9 Å². The van der Waals surface area contributed by atoms with Crippen molar-refractivity contribution in [2.24, 2.45) is 5.73 Å². The van der Waals surface area contributed by atoms with Gasteiger partial charge in [0.1, 0.15) is 24.0 Å². The van der Waals surface area contributed by atoms with E-state index in [2.05, 4.69) is 6.07 Å². The third-order valence-electron chi connectivity index (χ3n) is 4.96. The summed E-state index contributed by atoms with van der Waals surface area (Å²) in [5, 5.41) is 10.3. The number of rotatable bonds is 7. The number of allylic oxidation sites excluding steroid dienone is 2. The maximum Gasteiger partial charge on any atom is 0.338 e. The third-order valence-corrected chi connectivity index (χ3v) is 5.33. The smallest absolute Gasteiger partial charge is 0.338 e. The topological polar surface area (TPSA) is 104 Å². The Hall–Kier alpha value is -3.63. The van der Waals surface area contributed by atoms with Crippen molar-refractivity contribution in [3.05, 3.63) is 81.4 Å². The Morgan fingerprint density at radius 2 is 2.00 bits per heavy atom. The van der Waals surface area contributed by atoms with Crippen molar-refractivity contribution >= 4 is 17.6 Å². The molecular formula is C24H23ClN2O5. The summed E-state index contributed by atoms with van der Waals surface area (Å²) >= 11 is 6.23. The number of esters is 1. The molecule has 1 heterocycles. The van der Waals surface area contributed by atoms with E-state index in [0.29, 0.717) is 22.1 Å². The molecule has 1 unspecified atom stereocenters. The van der Waals surface area contributed by atoms with Crippen LogP contribution >= 0.6 is 11.6 Å².